The van der Waals surface area contributed by atoms with Crippen molar-refractivity contribution in [3.05, 3.63) is 77.3 Å². The number of nitrogens with zero attached hydrogens (tertiary/aromatic N) is 1. The number of ether oxygens (including phenoxy) is 2. The van der Waals surface area contributed by atoms with Crippen LogP contribution in [0.1, 0.15) is 36.1 Å². The minimum atomic E-state index is -0.812. The van der Waals surface area contributed by atoms with Crippen LogP contribution in [0, 0.1) is 23.6 Å². The summed E-state index contributed by atoms with van der Waals surface area (Å²) in [6, 6.07) is 14.8. The lowest BCUT2D eigenvalue weighted by Gasteiger charge is -2.16. The van der Waals surface area contributed by atoms with Gasteiger partial charge in [-0.25, -0.2) is 14.0 Å². The average Bonchev–Trinajstić information content (AvgIpc) is 3.47. The van der Waals surface area contributed by atoms with Crippen LogP contribution in [0.25, 0.3) is 11.3 Å². The molecular formula is C31H34FN3O6. The number of rotatable bonds is 10. The first-order chi connectivity index (χ1) is 19.9. The van der Waals surface area contributed by atoms with E-state index < -0.39 is 18.1 Å². The van der Waals surface area contributed by atoms with E-state index in [0.717, 1.165) is 53.8 Å². The first-order valence-electron chi connectivity index (χ1n) is 14.0. The third-order valence-electron chi connectivity index (χ3n) is 8.06. The van der Waals surface area contributed by atoms with Crippen LogP contribution in [0.2, 0.25) is 0 Å². The monoisotopic (exact) mass is 562 g/mol. The van der Waals surface area contributed by atoms with E-state index in [1.165, 1.54) is 19.2 Å². The van der Waals surface area contributed by atoms with Gasteiger partial charge in [-0.3, -0.25) is 4.79 Å². The highest BCUT2D eigenvalue weighted by molar-refractivity contribution is 5.85. The number of fused-ring (bicyclic) bond motifs is 2. The van der Waals surface area contributed by atoms with E-state index in [0.29, 0.717) is 24.9 Å². The maximum atomic E-state index is 13.4. The van der Waals surface area contributed by atoms with Gasteiger partial charge in [-0.1, -0.05) is 35.5 Å². The minimum Gasteiger partial charge on any atom is -0.467 e. The van der Waals surface area contributed by atoms with Crippen molar-refractivity contribution in [1.29, 1.82) is 0 Å². The number of alkyl carbamates (subject to hydrolysis) is 1. The van der Waals surface area contributed by atoms with Crippen LogP contribution < -0.4 is 10.6 Å². The van der Waals surface area contributed by atoms with Gasteiger partial charge in [0.2, 0.25) is 5.91 Å². The number of hydrogen-bond donors (Lipinski definition) is 2. The molecule has 0 spiro atoms. The van der Waals surface area contributed by atoms with E-state index in [9.17, 15) is 18.8 Å². The lowest BCUT2D eigenvalue weighted by molar-refractivity contribution is -0.145. The first kappa shape index (κ1) is 28.3. The summed E-state index contributed by atoms with van der Waals surface area (Å²) in [5, 5.41) is 9.57. The molecule has 0 aliphatic heterocycles. The van der Waals surface area contributed by atoms with Gasteiger partial charge in [0.25, 0.3) is 0 Å². The van der Waals surface area contributed by atoms with Crippen molar-refractivity contribution >= 4 is 18.0 Å². The summed E-state index contributed by atoms with van der Waals surface area (Å²) in [6.45, 7) is 0.403. The quantitative estimate of drug-likeness (QED) is 0.355. The van der Waals surface area contributed by atoms with Crippen LogP contribution in [0.4, 0.5) is 9.18 Å². The molecule has 3 aromatic rings. The smallest absolute Gasteiger partial charge is 0.407 e. The Morgan fingerprint density at radius 2 is 1.78 bits per heavy atom. The average molecular weight is 563 g/mol. The molecule has 0 radical (unpaired) electrons. The summed E-state index contributed by atoms with van der Waals surface area (Å²) < 4.78 is 29.3. The van der Waals surface area contributed by atoms with Gasteiger partial charge in [0.05, 0.1) is 13.7 Å². The molecule has 10 heteroatoms. The van der Waals surface area contributed by atoms with Crippen molar-refractivity contribution in [2.75, 3.05) is 20.3 Å². The zero-order valence-electron chi connectivity index (χ0n) is 22.9. The maximum absolute atomic E-state index is 13.4. The molecule has 0 bridgehead atoms. The molecule has 216 valence electrons. The normalized spacial score (nSPS) is 19.9. The van der Waals surface area contributed by atoms with Gasteiger partial charge in [0.15, 0.2) is 0 Å². The third-order valence-corrected chi connectivity index (χ3v) is 8.06. The number of amides is 2. The molecule has 2 amide bonds. The van der Waals surface area contributed by atoms with Crippen LogP contribution >= 0.6 is 0 Å². The minimum absolute atomic E-state index is 0.00122. The molecule has 0 saturated heterocycles. The Balaban J connectivity index is 1.03. The Kier molecular flexibility index (Phi) is 8.96. The van der Waals surface area contributed by atoms with Crippen molar-refractivity contribution in [3.63, 3.8) is 0 Å². The molecule has 0 unspecified atom stereocenters. The second kappa shape index (κ2) is 13.0. The molecular weight excluding hydrogens is 528 g/mol. The van der Waals surface area contributed by atoms with Crippen molar-refractivity contribution < 1.29 is 32.8 Å². The second-order valence-electron chi connectivity index (χ2n) is 10.6. The van der Waals surface area contributed by atoms with Gasteiger partial charge in [-0.05, 0) is 66.8 Å². The standard InChI is InChI=1S/C31H34FN3O6/c1-39-30(37)26(17-19-5-3-2-4-6-19)34-28(36)15-16-33-31(38)40-18-25-22-11-12-24-27(14-13-23(22)25)41-35-29(24)20-7-9-21(32)10-8-20/h2-10,22-23,25-26H,11-18H2,1H3,(H,33,38)(H,34,36)/t22-,23+,25-,26-/m0/s1/i32-1. The molecule has 1 aromatic heterocycles. The first-order valence-corrected chi connectivity index (χ1v) is 14.0. The van der Waals surface area contributed by atoms with E-state index in [-0.39, 0.29) is 30.6 Å². The third kappa shape index (κ3) is 7.11. The molecule has 5 rings (SSSR count). The predicted octanol–water partition coefficient (Wildman–Crippen LogP) is 4.24. The number of methoxy groups -OCH3 is 1. The molecule has 1 heterocycles. The highest BCUT2D eigenvalue weighted by atomic mass is 18.2. The summed E-state index contributed by atoms with van der Waals surface area (Å²) in [7, 11) is 1.28. The van der Waals surface area contributed by atoms with Gasteiger partial charge >= 0.3 is 12.1 Å². The van der Waals surface area contributed by atoms with Gasteiger partial charge in [0, 0.05) is 36.9 Å². The van der Waals surface area contributed by atoms with Crippen LogP contribution in [0.3, 0.4) is 0 Å². The molecule has 2 aliphatic carbocycles. The Hall–Kier alpha value is -4.21. The van der Waals surface area contributed by atoms with E-state index >= 15 is 0 Å². The second-order valence-corrected chi connectivity index (χ2v) is 10.6. The topological polar surface area (TPSA) is 120 Å². The SMILES string of the molecule is COC(=O)[C@H](Cc1ccccc1)NC(=O)CCNC(=O)OC[C@@H]1[C@@H]2CCc3onc(-c4ccc([18F])cc4)c3CC[C@@H]21. The number of esters is 1. The van der Waals surface area contributed by atoms with Gasteiger partial charge in [-0.15, -0.1) is 0 Å². The van der Waals surface area contributed by atoms with E-state index in [1.807, 2.05) is 30.3 Å². The van der Waals surface area contributed by atoms with Crippen molar-refractivity contribution in [3.8, 4) is 11.3 Å². The van der Waals surface area contributed by atoms with Crippen LogP contribution in [0.15, 0.2) is 59.1 Å². The Labute approximate surface area is 237 Å². The van der Waals surface area contributed by atoms with Gasteiger partial charge in [0.1, 0.15) is 23.3 Å². The molecule has 2 N–H and O–H groups in total. The molecule has 1 fully saturated rings. The fraction of sp³-hybridized carbons (Fsp3) is 0.419. The summed E-state index contributed by atoms with van der Waals surface area (Å²) in [4.78, 5) is 36.8. The Bertz CT molecular complexity index is 1360. The van der Waals surface area contributed by atoms with Crippen LogP contribution in [0.5, 0.6) is 0 Å². The number of halogens is 1. The van der Waals surface area contributed by atoms with Crippen LogP contribution in [-0.2, 0) is 38.3 Å². The van der Waals surface area contributed by atoms with Crippen LogP contribution in [-0.4, -0.2) is 49.4 Å². The Morgan fingerprint density at radius 3 is 2.51 bits per heavy atom. The Morgan fingerprint density at radius 1 is 1.05 bits per heavy atom. The summed E-state index contributed by atoms with van der Waals surface area (Å²) in [5.74, 6) is 0.889. The predicted molar refractivity (Wildman–Crippen MR) is 147 cm³/mol. The molecule has 1 saturated carbocycles. The number of benzene rings is 2. The lowest BCUT2D eigenvalue weighted by Crippen LogP contribution is -2.44. The number of aryl methyl sites for hydroxylation is 1. The van der Waals surface area contributed by atoms with E-state index in [1.54, 1.807) is 12.1 Å². The van der Waals surface area contributed by atoms with Crippen molar-refractivity contribution in [2.45, 2.75) is 44.6 Å². The molecule has 41 heavy (non-hydrogen) atoms. The molecule has 4 atom stereocenters. The number of carbonyl (C=O) groups excluding carboxylic acids is 3. The molecule has 2 aromatic carbocycles. The van der Waals surface area contributed by atoms with Crippen molar-refractivity contribution in [1.82, 2.24) is 15.8 Å². The number of aromatic nitrogens is 1. The number of hydrogen-bond acceptors (Lipinski definition) is 7. The molecule has 2 aliphatic rings. The zero-order valence-corrected chi connectivity index (χ0v) is 22.9. The van der Waals surface area contributed by atoms with E-state index in [4.69, 9.17) is 14.0 Å². The highest BCUT2D eigenvalue weighted by Gasteiger charge is 2.50. The lowest BCUT2D eigenvalue weighted by atomic mass is 9.95. The zero-order chi connectivity index (χ0) is 28.8. The number of nitrogens with one attached hydrogen (secondary N) is 2. The fourth-order valence-corrected chi connectivity index (χ4v) is 5.82. The van der Waals surface area contributed by atoms with Gasteiger partial charge < -0.3 is 24.6 Å². The van der Waals surface area contributed by atoms with Gasteiger partial charge in [-0.2, -0.15) is 0 Å². The number of carbonyl (C=O) groups is 3. The van der Waals surface area contributed by atoms with Crippen molar-refractivity contribution in [2.24, 2.45) is 17.8 Å². The fourth-order valence-electron chi connectivity index (χ4n) is 5.82. The maximum Gasteiger partial charge on any atom is 0.407 e. The summed E-state index contributed by atoms with van der Waals surface area (Å²) >= 11 is 0. The highest BCUT2D eigenvalue weighted by Crippen LogP contribution is 2.53. The molecule has 9 nitrogen and oxygen atoms in total. The largest absolute Gasteiger partial charge is 0.467 e. The summed E-state index contributed by atoms with van der Waals surface area (Å²) in [5.41, 5.74) is 3.59. The summed E-state index contributed by atoms with van der Waals surface area (Å²) in [6.07, 6.45) is 3.18. The van der Waals surface area contributed by atoms with E-state index in [2.05, 4.69) is 15.8 Å².